The molecule has 1 N–H and O–H groups in total. The number of phenols is 1. The van der Waals surface area contributed by atoms with Crippen LogP contribution in [0.25, 0.3) is 11.1 Å². The molecular formula is C11H7ClO2S. The fraction of sp³-hybridized carbons (Fsp3) is 0. The predicted molar refractivity (Wildman–Crippen MR) is 61.8 cm³/mol. The molecule has 0 fully saturated rings. The zero-order valence-electron chi connectivity index (χ0n) is 7.61. The highest BCUT2D eigenvalue weighted by Gasteiger charge is 2.04. The topological polar surface area (TPSA) is 37.3 Å². The largest absolute Gasteiger partial charge is 0.506 e. The Labute approximate surface area is 95.8 Å². The number of thiophene rings is 1. The number of rotatable bonds is 2. The van der Waals surface area contributed by atoms with Crippen molar-refractivity contribution in [2.24, 2.45) is 0 Å². The highest BCUT2D eigenvalue weighted by molar-refractivity contribution is 7.12. The van der Waals surface area contributed by atoms with E-state index in [9.17, 15) is 9.90 Å². The Bertz CT molecular complexity index is 505. The van der Waals surface area contributed by atoms with Crippen LogP contribution in [0.4, 0.5) is 0 Å². The highest BCUT2D eigenvalue weighted by Crippen LogP contribution is 2.31. The first-order valence-corrected chi connectivity index (χ1v) is 5.49. The average Bonchev–Trinajstić information content (AvgIpc) is 2.70. The van der Waals surface area contributed by atoms with Gasteiger partial charge in [0.1, 0.15) is 5.75 Å². The van der Waals surface area contributed by atoms with Crippen LogP contribution in [0.3, 0.4) is 0 Å². The second-order valence-corrected chi connectivity index (χ2v) is 4.37. The lowest BCUT2D eigenvalue weighted by atomic mass is 10.1. The van der Waals surface area contributed by atoms with Gasteiger partial charge in [0.15, 0.2) is 6.29 Å². The Kier molecular flexibility index (Phi) is 2.75. The lowest BCUT2D eigenvalue weighted by Crippen LogP contribution is -1.75. The standard InChI is InChI=1S/C11H7ClO2S/c12-10-4-7(1-2-11(10)14)8-3-9(5-13)15-6-8/h1-6,14H. The summed E-state index contributed by atoms with van der Waals surface area (Å²) in [5.74, 6) is 0.0613. The van der Waals surface area contributed by atoms with Gasteiger partial charge >= 0.3 is 0 Å². The van der Waals surface area contributed by atoms with Crippen LogP contribution in [0.2, 0.25) is 5.02 Å². The maximum Gasteiger partial charge on any atom is 0.160 e. The molecule has 0 unspecified atom stereocenters. The molecule has 76 valence electrons. The third-order valence-electron chi connectivity index (χ3n) is 2.02. The first-order chi connectivity index (χ1) is 7.20. The number of carbonyl (C=O) groups is 1. The van der Waals surface area contributed by atoms with E-state index in [-0.39, 0.29) is 5.75 Å². The van der Waals surface area contributed by atoms with Crippen molar-refractivity contribution in [2.75, 3.05) is 0 Å². The molecule has 0 saturated heterocycles. The van der Waals surface area contributed by atoms with Gasteiger partial charge in [-0.2, -0.15) is 0 Å². The van der Waals surface area contributed by atoms with Crippen LogP contribution in [0.5, 0.6) is 5.75 Å². The van der Waals surface area contributed by atoms with Crippen LogP contribution in [0.1, 0.15) is 9.67 Å². The summed E-state index contributed by atoms with van der Waals surface area (Å²) in [6.07, 6.45) is 0.816. The molecule has 0 bridgehead atoms. The minimum atomic E-state index is 0.0613. The van der Waals surface area contributed by atoms with Gasteiger partial charge in [-0.3, -0.25) is 4.79 Å². The summed E-state index contributed by atoms with van der Waals surface area (Å²) in [5.41, 5.74) is 1.83. The first kappa shape index (κ1) is 10.2. The Hall–Kier alpha value is -1.32. The van der Waals surface area contributed by atoms with Crippen LogP contribution >= 0.6 is 22.9 Å². The summed E-state index contributed by atoms with van der Waals surface area (Å²) in [6, 6.07) is 6.77. The molecule has 2 aromatic rings. The minimum absolute atomic E-state index is 0.0613. The van der Waals surface area contributed by atoms with Gasteiger partial charge in [0.05, 0.1) is 9.90 Å². The monoisotopic (exact) mass is 238 g/mol. The molecule has 0 atom stereocenters. The molecule has 15 heavy (non-hydrogen) atoms. The van der Waals surface area contributed by atoms with E-state index < -0.39 is 0 Å². The second kappa shape index (κ2) is 4.04. The number of halogens is 1. The maximum atomic E-state index is 10.5. The van der Waals surface area contributed by atoms with E-state index in [2.05, 4.69) is 0 Å². The SMILES string of the molecule is O=Cc1cc(-c2ccc(O)c(Cl)c2)cs1. The smallest absolute Gasteiger partial charge is 0.160 e. The van der Waals surface area contributed by atoms with Crippen LogP contribution in [-0.4, -0.2) is 11.4 Å². The Balaban J connectivity index is 2.44. The van der Waals surface area contributed by atoms with Crippen molar-refractivity contribution in [3.05, 3.63) is 39.5 Å². The summed E-state index contributed by atoms with van der Waals surface area (Å²) in [5, 5.41) is 11.4. The van der Waals surface area contributed by atoms with Gasteiger partial charge in [-0.25, -0.2) is 0 Å². The highest BCUT2D eigenvalue weighted by atomic mass is 35.5. The van der Waals surface area contributed by atoms with Crippen molar-refractivity contribution in [2.45, 2.75) is 0 Å². The molecule has 0 aliphatic heterocycles. The van der Waals surface area contributed by atoms with Gasteiger partial charge in [0.25, 0.3) is 0 Å². The molecule has 0 spiro atoms. The number of benzene rings is 1. The van der Waals surface area contributed by atoms with E-state index in [1.54, 1.807) is 18.2 Å². The van der Waals surface area contributed by atoms with E-state index in [0.717, 1.165) is 17.4 Å². The second-order valence-electron chi connectivity index (χ2n) is 3.02. The number of hydrogen-bond donors (Lipinski definition) is 1. The number of carbonyl (C=O) groups excluding carboxylic acids is 1. The van der Waals surface area contributed by atoms with Gasteiger partial charge in [0, 0.05) is 0 Å². The molecular weight excluding hydrogens is 232 g/mol. The lowest BCUT2D eigenvalue weighted by Gasteiger charge is -2.00. The molecule has 4 heteroatoms. The summed E-state index contributed by atoms with van der Waals surface area (Å²) >= 11 is 7.17. The Morgan fingerprint density at radius 3 is 2.67 bits per heavy atom. The van der Waals surface area contributed by atoms with Gasteiger partial charge in [0.2, 0.25) is 0 Å². The molecule has 2 nitrogen and oxygen atoms in total. The third-order valence-corrected chi connectivity index (χ3v) is 3.18. The first-order valence-electron chi connectivity index (χ1n) is 4.23. The molecule has 1 aromatic heterocycles. The zero-order valence-corrected chi connectivity index (χ0v) is 9.18. The summed E-state index contributed by atoms with van der Waals surface area (Å²) in [6.45, 7) is 0. The van der Waals surface area contributed by atoms with Crippen LogP contribution in [0, 0.1) is 0 Å². The minimum Gasteiger partial charge on any atom is -0.506 e. The van der Waals surface area contributed by atoms with E-state index in [1.807, 2.05) is 5.38 Å². The fourth-order valence-corrected chi connectivity index (χ4v) is 2.15. The number of aldehydes is 1. The molecule has 0 saturated carbocycles. The Morgan fingerprint density at radius 1 is 1.27 bits per heavy atom. The average molecular weight is 239 g/mol. The number of hydrogen-bond acceptors (Lipinski definition) is 3. The molecule has 0 radical (unpaired) electrons. The summed E-state index contributed by atoms with van der Waals surface area (Å²) in [4.78, 5) is 11.2. The van der Waals surface area contributed by atoms with Gasteiger partial charge in [-0.05, 0) is 34.7 Å². The predicted octanol–water partition coefficient (Wildman–Crippen LogP) is 3.59. The van der Waals surface area contributed by atoms with Crippen molar-refractivity contribution < 1.29 is 9.90 Å². The maximum absolute atomic E-state index is 10.5. The van der Waals surface area contributed by atoms with Crippen molar-refractivity contribution in [1.82, 2.24) is 0 Å². The lowest BCUT2D eigenvalue weighted by molar-refractivity contribution is 0.112. The quantitative estimate of drug-likeness (QED) is 0.812. The number of aromatic hydroxyl groups is 1. The van der Waals surface area contributed by atoms with Crippen LogP contribution in [0.15, 0.2) is 29.6 Å². The molecule has 2 rings (SSSR count). The van der Waals surface area contributed by atoms with Crippen LogP contribution < -0.4 is 0 Å². The van der Waals surface area contributed by atoms with Gasteiger partial charge < -0.3 is 5.11 Å². The summed E-state index contributed by atoms with van der Waals surface area (Å²) in [7, 11) is 0. The number of phenolic OH excluding ortho intramolecular Hbond substituents is 1. The Morgan fingerprint density at radius 2 is 2.07 bits per heavy atom. The third kappa shape index (κ3) is 2.03. The van der Waals surface area contributed by atoms with Crippen LogP contribution in [-0.2, 0) is 0 Å². The van der Waals surface area contributed by atoms with E-state index in [0.29, 0.717) is 9.90 Å². The summed E-state index contributed by atoms with van der Waals surface area (Å²) < 4.78 is 0. The van der Waals surface area contributed by atoms with Crippen molar-refractivity contribution in [1.29, 1.82) is 0 Å². The zero-order chi connectivity index (χ0) is 10.8. The van der Waals surface area contributed by atoms with Crippen molar-refractivity contribution >= 4 is 29.2 Å². The molecule has 1 aromatic carbocycles. The van der Waals surface area contributed by atoms with Gasteiger partial charge in [-0.1, -0.05) is 17.7 Å². The van der Waals surface area contributed by atoms with Crippen molar-refractivity contribution in [3.8, 4) is 16.9 Å². The van der Waals surface area contributed by atoms with Gasteiger partial charge in [-0.15, -0.1) is 11.3 Å². The fourth-order valence-electron chi connectivity index (χ4n) is 1.25. The van der Waals surface area contributed by atoms with Crippen molar-refractivity contribution in [3.63, 3.8) is 0 Å². The van der Waals surface area contributed by atoms with E-state index >= 15 is 0 Å². The van der Waals surface area contributed by atoms with E-state index in [1.165, 1.54) is 17.4 Å². The molecule has 0 amide bonds. The van der Waals surface area contributed by atoms with E-state index in [4.69, 9.17) is 11.6 Å². The normalized spacial score (nSPS) is 10.2. The molecule has 1 heterocycles. The molecule has 0 aliphatic rings. The molecule has 0 aliphatic carbocycles.